The van der Waals surface area contributed by atoms with Crippen molar-refractivity contribution in [1.82, 2.24) is 19.3 Å². The predicted molar refractivity (Wildman–Crippen MR) is 161 cm³/mol. The molecule has 232 valence electrons. The van der Waals surface area contributed by atoms with Gasteiger partial charge in [-0.3, -0.25) is 14.5 Å². The van der Waals surface area contributed by atoms with E-state index in [-0.39, 0.29) is 37.8 Å². The van der Waals surface area contributed by atoms with Crippen molar-refractivity contribution in [3.05, 3.63) is 47.3 Å². The maximum Gasteiger partial charge on any atom is 0.308 e. The van der Waals surface area contributed by atoms with Gasteiger partial charge in [-0.05, 0) is 82.6 Å². The van der Waals surface area contributed by atoms with Gasteiger partial charge in [-0.2, -0.15) is 0 Å². The van der Waals surface area contributed by atoms with E-state index < -0.39 is 11.9 Å². The summed E-state index contributed by atoms with van der Waals surface area (Å²) in [5.74, 6) is -0.851. The molecule has 1 saturated heterocycles. The third kappa shape index (κ3) is 7.65. The molecule has 10 nitrogen and oxygen atoms in total. The number of likely N-dealkylation sites (tertiary alicyclic amines) is 1. The van der Waals surface area contributed by atoms with Crippen molar-refractivity contribution < 1.29 is 29.3 Å². The van der Waals surface area contributed by atoms with E-state index in [1.54, 1.807) is 0 Å². The molecule has 0 radical (unpaired) electrons. The van der Waals surface area contributed by atoms with Crippen molar-refractivity contribution in [1.29, 1.82) is 0 Å². The standard InChI is InChI=1S/C32H48N4O6/c1-5-6-15-35(16-8-7-13-33(2)3)29(38)20-36-19-26(23-17-24(21-37)31-28(18-23)41-22-42-31)30(32(39)40)27(36)12-11-25-10-9-14-34(25)4/h9-10,14,17-18,26-27,30,37H,5-8,11-13,15-16,19-22H2,1-4H3,(H,39,40)/t26-,27+,30-/m1/s1. The van der Waals surface area contributed by atoms with Crippen LogP contribution in [0.15, 0.2) is 30.5 Å². The van der Waals surface area contributed by atoms with Gasteiger partial charge in [-0.15, -0.1) is 0 Å². The second-order valence-corrected chi connectivity index (χ2v) is 11.9. The highest BCUT2D eigenvalue weighted by Crippen LogP contribution is 2.44. The van der Waals surface area contributed by atoms with Gasteiger partial charge in [0.25, 0.3) is 0 Å². The van der Waals surface area contributed by atoms with E-state index >= 15 is 0 Å². The third-order valence-electron chi connectivity index (χ3n) is 8.71. The fourth-order valence-corrected chi connectivity index (χ4v) is 6.39. The second-order valence-electron chi connectivity index (χ2n) is 11.9. The molecular formula is C32H48N4O6. The zero-order valence-electron chi connectivity index (χ0n) is 25.6. The van der Waals surface area contributed by atoms with Gasteiger partial charge >= 0.3 is 5.97 Å². The molecule has 0 spiro atoms. The predicted octanol–water partition coefficient (Wildman–Crippen LogP) is 3.32. The average Bonchev–Trinajstić information content (AvgIpc) is 3.69. The molecule has 2 N–H and O–H groups in total. The van der Waals surface area contributed by atoms with Crippen molar-refractivity contribution in [2.24, 2.45) is 13.0 Å². The van der Waals surface area contributed by atoms with Gasteiger partial charge in [-0.25, -0.2) is 0 Å². The van der Waals surface area contributed by atoms with Crippen LogP contribution < -0.4 is 9.47 Å². The molecule has 10 heteroatoms. The summed E-state index contributed by atoms with van der Waals surface area (Å²) in [6.45, 7) is 5.00. The van der Waals surface area contributed by atoms with Crippen LogP contribution in [0.3, 0.4) is 0 Å². The SMILES string of the molecule is CCCCN(CCCCN(C)C)C(=O)CN1C[C@H](c2cc(CO)c3c(c2)OCO3)[C@@H](C(=O)O)[C@@H]1CCc1cccn1C. The number of fused-ring (bicyclic) bond motifs is 1. The number of aromatic nitrogens is 1. The number of aliphatic hydroxyl groups excluding tert-OH is 1. The van der Waals surface area contributed by atoms with Gasteiger partial charge < -0.3 is 34.1 Å². The number of aliphatic carboxylic acids is 1. The normalized spacial score (nSPS) is 20.0. The fraction of sp³-hybridized carbons (Fsp3) is 0.625. The number of unbranched alkanes of at least 4 members (excludes halogenated alkanes) is 2. The molecule has 2 aliphatic rings. The van der Waals surface area contributed by atoms with Crippen molar-refractivity contribution in [3.63, 3.8) is 0 Å². The number of carboxylic acid groups (broad SMARTS) is 1. The molecule has 2 aliphatic heterocycles. The summed E-state index contributed by atoms with van der Waals surface area (Å²) in [6.07, 6.45) is 7.23. The summed E-state index contributed by atoms with van der Waals surface area (Å²) in [4.78, 5) is 32.9. The van der Waals surface area contributed by atoms with E-state index in [0.29, 0.717) is 49.5 Å². The molecule has 2 aromatic rings. The Morgan fingerprint density at radius 2 is 1.86 bits per heavy atom. The summed E-state index contributed by atoms with van der Waals surface area (Å²) in [7, 11) is 6.11. The smallest absolute Gasteiger partial charge is 0.308 e. The van der Waals surface area contributed by atoms with Crippen LogP contribution >= 0.6 is 0 Å². The average molecular weight is 585 g/mol. The highest BCUT2D eigenvalue weighted by atomic mass is 16.7. The van der Waals surface area contributed by atoms with Gasteiger partial charge in [0.05, 0.1) is 19.1 Å². The van der Waals surface area contributed by atoms with Crippen LogP contribution in [0.4, 0.5) is 0 Å². The topological polar surface area (TPSA) is 108 Å². The minimum Gasteiger partial charge on any atom is -0.481 e. The zero-order chi connectivity index (χ0) is 30.2. The van der Waals surface area contributed by atoms with E-state index in [2.05, 4.69) is 41.5 Å². The highest BCUT2D eigenvalue weighted by Gasteiger charge is 2.47. The largest absolute Gasteiger partial charge is 0.481 e. The summed E-state index contributed by atoms with van der Waals surface area (Å²) < 4.78 is 13.2. The first-order valence-electron chi connectivity index (χ1n) is 15.3. The first-order chi connectivity index (χ1) is 20.2. The van der Waals surface area contributed by atoms with Crippen molar-refractivity contribution in [2.45, 2.75) is 64.0 Å². The van der Waals surface area contributed by atoms with E-state index in [4.69, 9.17) is 9.47 Å². The Balaban J connectivity index is 1.59. The minimum atomic E-state index is -0.874. The molecule has 42 heavy (non-hydrogen) atoms. The van der Waals surface area contributed by atoms with E-state index in [1.165, 1.54) is 0 Å². The zero-order valence-corrected chi connectivity index (χ0v) is 25.6. The maximum atomic E-state index is 13.8. The van der Waals surface area contributed by atoms with Crippen molar-refractivity contribution in [2.75, 3.05) is 53.6 Å². The number of rotatable bonds is 16. The van der Waals surface area contributed by atoms with Crippen molar-refractivity contribution in [3.8, 4) is 11.5 Å². The van der Waals surface area contributed by atoms with Crippen molar-refractivity contribution >= 4 is 11.9 Å². The van der Waals surface area contributed by atoms with Gasteiger partial charge in [-0.1, -0.05) is 13.3 Å². The number of hydrogen-bond donors (Lipinski definition) is 2. The Morgan fingerprint density at radius 3 is 2.52 bits per heavy atom. The van der Waals surface area contributed by atoms with Gasteiger partial charge in [0, 0.05) is 56.1 Å². The first kappa shape index (κ1) is 31.8. The number of ether oxygens (including phenoxy) is 2. The summed E-state index contributed by atoms with van der Waals surface area (Å²) >= 11 is 0. The number of benzene rings is 1. The molecule has 0 aliphatic carbocycles. The molecule has 0 bridgehead atoms. The first-order valence-corrected chi connectivity index (χ1v) is 15.3. The lowest BCUT2D eigenvalue weighted by molar-refractivity contribution is -0.143. The number of carbonyl (C=O) groups excluding carboxylic acids is 1. The number of amides is 1. The molecule has 1 aromatic carbocycles. The van der Waals surface area contributed by atoms with Crippen LogP contribution in [0.2, 0.25) is 0 Å². The lowest BCUT2D eigenvalue weighted by Crippen LogP contribution is -2.45. The molecule has 3 atom stereocenters. The number of aryl methyl sites for hydroxylation is 2. The molecule has 0 saturated carbocycles. The molecule has 0 unspecified atom stereocenters. The van der Waals surface area contributed by atoms with Gasteiger partial charge in [0.15, 0.2) is 11.5 Å². The van der Waals surface area contributed by atoms with Crippen LogP contribution in [0, 0.1) is 5.92 Å². The molecule has 3 heterocycles. The van der Waals surface area contributed by atoms with Crippen LogP contribution in [-0.4, -0.2) is 101 Å². The molecular weight excluding hydrogens is 536 g/mol. The summed E-state index contributed by atoms with van der Waals surface area (Å²) in [6, 6.07) is 7.42. The number of nitrogens with zero attached hydrogens (tertiary/aromatic N) is 4. The Labute approximate surface area is 249 Å². The van der Waals surface area contributed by atoms with Crippen LogP contribution in [-0.2, 0) is 29.7 Å². The maximum absolute atomic E-state index is 13.8. The third-order valence-corrected chi connectivity index (χ3v) is 8.71. The van der Waals surface area contributed by atoms with E-state index in [1.807, 2.05) is 36.3 Å². The Bertz CT molecular complexity index is 1200. The lowest BCUT2D eigenvalue weighted by atomic mass is 9.83. The Kier molecular flexibility index (Phi) is 11.3. The van der Waals surface area contributed by atoms with Gasteiger partial charge in [0.1, 0.15) is 0 Å². The van der Waals surface area contributed by atoms with Crippen LogP contribution in [0.5, 0.6) is 11.5 Å². The number of carbonyl (C=O) groups is 2. The van der Waals surface area contributed by atoms with E-state index in [0.717, 1.165) is 43.5 Å². The highest BCUT2D eigenvalue weighted by molar-refractivity contribution is 5.79. The summed E-state index contributed by atoms with van der Waals surface area (Å²) in [5.41, 5.74) is 2.51. The number of hydrogen-bond acceptors (Lipinski definition) is 7. The minimum absolute atomic E-state index is 0.0590. The number of carboxylic acids is 1. The molecule has 1 fully saturated rings. The molecule has 4 rings (SSSR count). The monoisotopic (exact) mass is 584 g/mol. The fourth-order valence-electron chi connectivity index (χ4n) is 6.39. The summed E-state index contributed by atoms with van der Waals surface area (Å²) in [5, 5.41) is 20.6. The Morgan fingerprint density at radius 1 is 1.10 bits per heavy atom. The van der Waals surface area contributed by atoms with Crippen LogP contribution in [0.25, 0.3) is 0 Å². The van der Waals surface area contributed by atoms with Crippen LogP contribution in [0.1, 0.15) is 61.8 Å². The van der Waals surface area contributed by atoms with E-state index in [9.17, 15) is 19.8 Å². The second kappa shape index (κ2) is 14.9. The lowest BCUT2D eigenvalue weighted by Gasteiger charge is -2.30. The van der Waals surface area contributed by atoms with Gasteiger partial charge in [0.2, 0.25) is 12.7 Å². The Hall–Kier alpha value is -3.08. The number of aliphatic hydroxyl groups is 1. The quantitative estimate of drug-likeness (QED) is 0.290. The molecule has 1 amide bonds. The molecule has 1 aromatic heterocycles.